The molecule has 2 aliphatic heterocycles. The van der Waals surface area contributed by atoms with E-state index in [0.717, 1.165) is 17.6 Å². The lowest BCUT2D eigenvalue weighted by molar-refractivity contribution is -0.159. The number of H-pyrrole nitrogens is 1. The van der Waals surface area contributed by atoms with Gasteiger partial charge < -0.3 is 9.72 Å². The van der Waals surface area contributed by atoms with Crippen LogP contribution in [0.25, 0.3) is 10.9 Å². The molecule has 1 N–H and O–H groups in total. The maximum absolute atomic E-state index is 12.4. The Kier molecular flexibility index (Phi) is 3.37. The van der Waals surface area contributed by atoms with Crippen molar-refractivity contribution in [1.29, 1.82) is 0 Å². The predicted molar refractivity (Wildman–Crippen MR) is 96.8 cm³/mol. The SMILES string of the molecule is O=C1OCCN2[C@H](c3ccc(Cl)cc3)c3[nH]c4ccccc4c3C[C@H]12. The van der Waals surface area contributed by atoms with Crippen molar-refractivity contribution in [3.8, 4) is 0 Å². The number of morpholine rings is 1. The Balaban J connectivity index is 1.74. The standard InChI is InChI=1S/C20H17ClN2O2/c21-13-7-5-12(6-8-13)19-18-15(14-3-1-2-4-16(14)22-18)11-17-20(24)25-10-9-23(17)19/h1-8,17,19,22H,9-11H2/t17-,19-/m1/s1. The molecule has 2 aromatic carbocycles. The minimum absolute atomic E-state index is 0.00580. The van der Waals surface area contributed by atoms with Crippen molar-refractivity contribution in [2.24, 2.45) is 0 Å². The topological polar surface area (TPSA) is 45.3 Å². The first-order chi connectivity index (χ1) is 12.2. The van der Waals surface area contributed by atoms with Gasteiger partial charge in [-0.25, -0.2) is 0 Å². The van der Waals surface area contributed by atoms with Gasteiger partial charge in [0.2, 0.25) is 0 Å². The normalized spacial score (nSPS) is 23.2. The van der Waals surface area contributed by atoms with Gasteiger partial charge in [0, 0.05) is 34.6 Å². The van der Waals surface area contributed by atoms with Gasteiger partial charge >= 0.3 is 5.97 Å². The van der Waals surface area contributed by atoms with Crippen molar-refractivity contribution in [3.05, 3.63) is 70.4 Å². The van der Waals surface area contributed by atoms with Crippen molar-refractivity contribution in [2.75, 3.05) is 13.2 Å². The van der Waals surface area contributed by atoms with Crippen LogP contribution >= 0.6 is 11.6 Å². The molecular formula is C20H17ClN2O2. The minimum atomic E-state index is -0.235. The summed E-state index contributed by atoms with van der Waals surface area (Å²) in [5.41, 5.74) is 4.64. The molecule has 0 bridgehead atoms. The van der Waals surface area contributed by atoms with Crippen LogP contribution in [-0.4, -0.2) is 35.0 Å². The fourth-order valence-electron chi connectivity index (χ4n) is 4.19. The lowest BCUT2D eigenvalue weighted by Crippen LogP contribution is -2.54. The van der Waals surface area contributed by atoms with Crippen molar-refractivity contribution in [1.82, 2.24) is 9.88 Å². The number of nitrogens with zero attached hydrogens (tertiary/aromatic N) is 1. The van der Waals surface area contributed by atoms with Crippen molar-refractivity contribution in [3.63, 3.8) is 0 Å². The summed E-state index contributed by atoms with van der Waals surface area (Å²) in [6.45, 7) is 1.17. The van der Waals surface area contributed by atoms with Crippen LogP contribution in [0.15, 0.2) is 48.5 Å². The van der Waals surface area contributed by atoms with Gasteiger partial charge in [0.15, 0.2) is 0 Å². The molecule has 1 aromatic heterocycles. The summed E-state index contributed by atoms with van der Waals surface area (Å²) in [6.07, 6.45) is 0.683. The molecule has 1 fully saturated rings. The number of aromatic amines is 1. The number of para-hydroxylation sites is 1. The smallest absolute Gasteiger partial charge is 0.323 e. The number of hydrogen-bond donors (Lipinski definition) is 1. The summed E-state index contributed by atoms with van der Waals surface area (Å²) in [6, 6.07) is 16.0. The number of nitrogens with one attached hydrogen (secondary N) is 1. The number of hydrogen-bond acceptors (Lipinski definition) is 3. The first-order valence-corrected chi connectivity index (χ1v) is 8.87. The first-order valence-electron chi connectivity index (χ1n) is 8.50. The van der Waals surface area contributed by atoms with Crippen LogP contribution in [0.5, 0.6) is 0 Å². The fraction of sp³-hybridized carbons (Fsp3) is 0.250. The number of cyclic esters (lactones) is 1. The number of halogens is 1. The molecule has 0 saturated carbocycles. The number of aromatic nitrogens is 1. The molecule has 1 saturated heterocycles. The van der Waals surface area contributed by atoms with E-state index in [1.165, 1.54) is 16.6 Å². The van der Waals surface area contributed by atoms with Crippen molar-refractivity contribution < 1.29 is 9.53 Å². The first kappa shape index (κ1) is 15.0. The Morgan fingerprint density at radius 2 is 1.92 bits per heavy atom. The van der Waals surface area contributed by atoms with Gasteiger partial charge in [-0.2, -0.15) is 0 Å². The van der Waals surface area contributed by atoms with Crippen molar-refractivity contribution >= 4 is 28.5 Å². The summed E-state index contributed by atoms with van der Waals surface area (Å²) >= 11 is 6.08. The number of esters is 1. The third-order valence-electron chi connectivity index (χ3n) is 5.30. The third kappa shape index (κ3) is 2.29. The summed E-state index contributed by atoms with van der Waals surface area (Å²) in [5.74, 6) is -0.124. The Bertz CT molecular complexity index is 963. The molecule has 0 radical (unpaired) electrons. The third-order valence-corrected chi connectivity index (χ3v) is 5.55. The van der Waals surface area contributed by atoms with E-state index in [-0.39, 0.29) is 18.1 Å². The quantitative estimate of drug-likeness (QED) is 0.679. The van der Waals surface area contributed by atoms with Gasteiger partial charge in [0.1, 0.15) is 12.6 Å². The van der Waals surface area contributed by atoms with Gasteiger partial charge in [-0.3, -0.25) is 9.69 Å². The van der Waals surface area contributed by atoms with Crippen LogP contribution in [0.1, 0.15) is 22.9 Å². The van der Waals surface area contributed by atoms with E-state index >= 15 is 0 Å². The zero-order valence-electron chi connectivity index (χ0n) is 13.5. The highest BCUT2D eigenvalue weighted by Gasteiger charge is 2.43. The molecule has 4 nitrogen and oxygen atoms in total. The van der Waals surface area contributed by atoms with E-state index in [2.05, 4.69) is 22.0 Å². The van der Waals surface area contributed by atoms with E-state index < -0.39 is 0 Å². The maximum atomic E-state index is 12.4. The average molecular weight is 353 g/mol. The Hall–Kier alpha value is -2.30. The molecule has 0 spiro atoms. The summed E-state index contributed by atoms with van der Waals surface area (Å²) < 4.78 is 5.34. The lowest BCUT2D eigenvalue weighted by Gasteiger charge is -2.43. The maximum Gasteiger partial charge on any atom is 0.323 e. The minimum Gasteiger partial charge on any atom is -0.463 e. The Morgan fingerprint density at radius 1 is 1.12 bits per heavy atom. The molecule has 0 aliphatic carbocycles. The van der Waals surface area contributed by atoms with E-state index in [1.807, 2.05) is 36.4 Å². The zero-order chi connectivity index (χ0) is 17.0. The van der Waals surface area contributed by atoms with Crippen LogP contribution in [0.2, 0.25) is 5.02 Å². The summed E-state index contributed by atoms with van der Waals surface area (Å²) in [5, 5.41) is 1.90. The van der Waals surface area contributed by atoms with E-state index in [4.69, 9.17) is 16.3 Å². The molecule has 2 aliphatic rings. The second kappa shape index (κ2) is 5.61. The summed E-state index contributed by atoms with van der Waals surface area (Å²) in [4.78, 5) is 18.3. The van der Waals surface area contributed by atoms with Gasteiger partial charge in [-0.05, 0) is 29.3 Å². The molecule has 0 amide bonds. The number of rotatable bonds is 1. The second-order valence-electron chi connectivity index (χ2n) is 6.64. The fourth-order valence-corrected chi connectivity index (χ4v) is 4.31. The number of benzene rings is 2. The average Bonchev–Trinajstić information content (AvgIpc) is 3.00. The highest BCUT2D eigenvalue weighted by Crippen LogP contribution is 2.41. The van der Waals surface area contributed by atoms with Crippen molar-refractivity contribution in [2.45, 2.75) is 18.5 Å². The summed E-state index contributed by atoms with van der Waals surface area (Å²) in [7, 11) is 0. The van der Waals surface area contributed by atoms with E-state index in [0.29, 0.717) is 18.1 Å². The van der Waals surface area contributed by atoms with Crippen LogP contribution in [0.3, 0.4) is 0 Å². The molecule has 0 unspecified atom stereocenters. The molecule has 126 valence electrons. The molecule has 2 atom stereocenters. The van der Waals surface area contributed by atoms with Gasteiger partial charge in [0.05, 0.1) is 6.04 Å². The van der Waals surface area contributed by atoms with Gasteiger partial charge in [-0.1, -0.05) is 41.9 Å². The second-order valence-corrected chi connectivity index (χ2v) is 7.08. The molecule has 5 rings (SSSR count). The monoisotopic (exact) mass is 352 g/mol. The Morgan fingerprint density at radius 3 is 2.76 bits per heavy atom. The predicted octanol–water partition coefficient (Wildman–Crippen LogP) is 3.69. The number of ether oxygens (including phenoxy) is 1. The highest BCUT2D eigenvalue weighted by molar-refractivity contribution is 6.30. The molecule has 5 heteroatoms. The molecule has 3 heterocycles. The number of carbonyl (C=O) groups excluding carboxylic acids is 1. The number of fused-ring (bicyclic) bond motifs is 4. The molecule has 25 heavy (non-hydrogen) atoms. The van der Waals surface area contributed by atoms with Crippen LogP contribution in [0.4, 0.5) is 0 Å². The Labute approximate surface area is 150 Å². The lowest BCUT2D eigenvalue weighted by atomic mass is 9.87. The molecule has 3 aromatic rings. The van der Waals surface area contributed by atoms with Crippen LogP contribution in [-0.2, 0) is 16.0 Å². The number of carbonyl (C=O) groups is 1. The molecular weight excluding hydrogens is 336 g/mol. The van der Waals surface area contributed by atoms with Gasteiger partial charge in [0.25, 0.3) is 0 Å². The zero-order valence-corrected chi connectivity index (χ0v) is 14.3. The van der Waals surface area contributed by atoms with Crippen LogP contribution < -0.4 is 0 Å². The van der Waals surface area contributed by atoms with E-state index in [9.17, 15) is 4.79 Å². The van der Waals surface area contributed by atoms with E-state index in [1.54, 1.807) is 0 Å². The van der Waals surface area contributed by atoms with Crippen LogP contribution in [0, 0.1) is 0 Å². The largest absolute Gasteiger partial charge is 0.463 e. The van der Waals surface area contributed by atoms with Gasteiger partial charge in [-0.15, -0.1) is 0 Å². The highest BCUT2D eigenvalue weighted by atomic mass is 35.5.